The smallest absolute Gasteiger partial charge is 0.279 e. The number of quaternary nitrogens is 1. The van der Waals surface area contributed by atoms with Gasteiger partial charge in [0.1, 0.15) is 18.9 Å². The number of rotatable bonds is 8. The molecule has 0 radical (unpaired) electrons. The van der Waals surface area contributed by atoms with Crippen molar-refractivity contribution in [3.63, 3.8) is 0 Å². The van der Waals surface area contributed by atoms with Crippen molar-refractivity contribution in [3.8, 4) is 11.8 Å². The summed E-state index contributed by atoms with van der Waals surface area (Å²) in [6.45, 7) is 1.67. The molecule has 5 heteroatoms. The molecular weight excluding hydrogens is 302 g/mol. The molecule has 0 aliphatic rings. The van der Waals surface area contributed by atoms with Gasteiger partial charge in [-0.25, -0.2) is 0 Å². The number of nitrogens with zero attached hydrogens (tertiary/aromatic N) is 1. The second-order valence-corrected chi connectivity index (χ2v) is 5.63. The molecular formula is C19H22N3O2+. The summed E-state index contributed by atoms with van der Waals surface area (Å²) in [7, 11) is 1.96. The molecule has 0 saturated carbocycles. The lowest BCUT2D eigenvalue weighted by atomic mass is 10.1. The molecule has 0 bridgehead atoms. The Labute approximate surface area is 142 Å². The number of anilines is 1. The topological polar surface area (TPSA) is 66.6 Å². The van der Waals surface area contributed by atoms with Gasteiger partial charge in [-0.3, -0.25) is 4.79 Å². The van der Waals surface area contributed by atoms with E-state index in [2.05, 4.69) is 11.4 Å². The minimum atomic E-state index is -0.0414. The Hall–Kier alpha value is -2.84. The van der Waals surface area contributed by atoms with Gasteiger partial charge in [0.15, 0.2) is 6.54 Å². The first-order valence-electron chi connectivity index (χ1n) is 7.92. The summed E-state index contributed by atoms with van der Waals surface area (Å²) in [5.41, 5.74) is 1.69. The van der Waals surface area contributed by atoms with E-state index in [1.54, 1.807) is 0 Å². The van der Waals surface area contributed by atoms with Gasteiger partial charge >= 0.3 is 0 Å². The molecule has 0 aliphatic carbocycles. The molecule has 2 N–H and O–H groups in total. The predicted octanol–water partition coefficient (Wildman–Crippen LogP) is 1.28. The van der Waals surface area contributed by atoms with Crippen LogP contribution in [0, 0.1) is 11.3 Å². The third-order valence-electron chi connectivity index (χ3n) is 3.52. The summed E-state index contributed by atoms with van der Waals surface area (Å²) in [6.07, 6.45) is 0.378. The number of carbonyl (C=O) groups excluding carboxylic acids is 1. The first kappa shape index (κ1) is 17.5. The maximum Gasteiger partial charge on any atom is 0.279 e. The van der Waals surface area contributed by atoms with E-state index in [4.69, 9.17) is 10.00 Å². The predicted molar refractivity (Wildman–Crippen MR) is 92.9 cm³/mol. The number of carbonyl (C=O) groups is 1. The van der Waals surface area contributed by atoms with Crippen LogP contribution in [0.4, 0.5) is 5.69 Å². The SMILES string of the molecule is C[NH+](CCOc1ccccc1)CC(=O)Nc1ccc(CC#N)cc1. The molecule has 2 aromatic carbocycles. The monoisotopic (exact) mass is 324 g/mol. The van der Waals surface area contributed by atoms with Crippen molar-refractivity contribution in [2.75, 3.05) is 32.1 Å². The van der Waals surface area contributed by atoms with Gasteiger partial charge < -0.3 is 15.0 Å². The Balaban J connectivity index is 1.70. The third kappa shape index (κ3) is 6.11. The highest BCUT2D eigenvalue weighted by Crippen LogP contribution is 2.09. The number of nitrogens with one attached hydrogen (secondary N) is 2. The molecule has 24 heavy (non-hydrogen) atoms. The lowest BCUT2D eigenvalue weighted by Gasteiger charge is -2.14. The lowest BCUT2D eigenvalue weighted by molar-refractivity contribution is -0.871. The lowest BCUT2D eigenvalue weighted by Crippen LogP contribution is -3.10. The van der Waals surface area contributed by atoms with E-state index in [-0.39, 0.29) is 5.91 Å². The largest absolute Gasteiger partial charge is 0.488 e. The van der Waals surface area contributed by atoms with Crippen LogP contribution in [0.25, 0.3) is 0 Å². The van der Waals surface area contributed by atoms with Crippen LogP contribution in [0.5, 0.6) is 5.75 Å². The second-order valence-electron chi connectivity index (χ2n) is 5.63. The Bertz CT molecular complexity index is 678. The molecule has 124 valence electrons. The standard InChI is InChI=1S/C19H21N3O2/c1-22(13-14-24-18-5-3-2-4-6-18)15-19(23)21-17-9-7-16(8-10-17)11-12-20/h2-10H,11,13-15H2,1H3,(H,21,23)/p+1. The van der Waals surface area contributed by atoms with Crippen LogP contribution in [0.3, 0.4) is 0 Å². The number of hydrogen-bond acceptors (Lipinski definition) is 3. The first-order chi connectivity index (χ1) is 11.7. The van der Waals surface area contributed by atoms with Gasteiger partial charge in [0.05, 0.1) is 19.5 Å². The van der Waals surface area contributed by atoms with Gasteiger partial charge in [-0.2, -0.15) is 5.26 Å². The van der Waals surface area contributed by atoms with Crippen molar-refractivity contribution in [2.45, 2.75) is 6.42 Å². The quantitative estimate of drug-likeness (QED) is 0.769. The summed E-state index contributed by atoms with van der Waals surface area (Å²) in [4.78, 5) is 13.1. The number of hydrogen-bond donors (Lipinski definition) is 2. The molecule has 5 nitrogen and oxygen atoms in total. The molecule has 1 amide bonds. The number of nitriles is 1. The van der Waals surface area contributed by atoms with Crippen molar-refractivity contribution in [1.29, 1.82) is 5.26 Å². The summed E-state index contributed by atoms with van der Waals surface area (Å²) < 4.78 is 5.63. The molecule has 1 unspecified atom stereocenters. The van der Waals surface area contributed by atoms with Crippen molar-refractivity contribution in [1.82, 2.24) is 0 Å². The van der Waals surface area contributed by atoms with Crippen LogP contribution in [0.2, 0.25) is 0 Å². The van der Waals surface area contributed by atoms with E-state index in [9.17, 15) is 4.79 Å². The highest BCUT2D eigenvalue weighted by atomic mass is 16.5. The van der Waals surface area contributed by atoms with E-state index in [0.717, 1.165) is 28.4 Å². The molecule has 0 heterocycles. The van der Waals surface area contributed by atoms with Gasteiger partial charge in [0.2, 0.25) is 0 Å². The number of amides is 1. The molecule has 2 rings (SSSR count). The fourth-order valence-corrected chi connectivity index (χ4v) is 2.22. The fraction of sp³-hybridized carbons (Fsp3) is 0.263. The van der Waals surface area contributed by atoms with E-state index in [1.165, 1.54) is 0 Å². The van der Waals surface area contributed by atoms with Gasteiger partial charge in [0, 0.05) is 5.69 Å². The highest BCUT2D eigenvalue weighted by molar-refractivity contribution is 5.91. The van der Waals surface area contributed by atoms with Gasteiger partial charge in [0.25, 0.3) is 5.91 Å². The molecule has 0 spiro atoms. The number of benzene rings is 2. The Morgan fingerprint density at radius 1 is 1.17 bits per heavy atom. The highest BCUT2D eigenvalue weighted by Gasteiger charge is 2.10. The van der Waals surface area contributed by atoms with E-state index in [1.807, 2.05) is 61.6 Å². The average Bonchev–Trinajstić information content (AvgIpc) is 2.58. The minimum absolute atomic E-state index is 0.0414. The number of ether oxygens (including phenoxy) is 1. The third-order valence-corrected chi connectivity index (χ3v) is 3.52. The van der Waals surface area contributed by atoms with Gasteiger partial charge in [-0.05, 0) is 29.8 Å². The fourth-order valence-electron chi connectivity index (χ4n) is 2.22. The normalized spacial score (nSPS) is 11.3. The van der Waals surface area contributed by atoms with E-state index >= 15 is 0 Å². The van der Waals surface area contributed by atoms with E-state index in [0.29, 0.717) is 19.6 Å². The second kappa shape index (κ2) is 9.33. The average molecular weight is 324 g/mol. The van der Waals surface area contributed by atoms with Crippen LogP contribution in [-0.4, -0.2) is 32.7 Å². The Kier molecular flexibility index (Phi) is 6.81. The summed E-state index contributed by atoms with van der Waals surface area (Å²) >= 11 is 0. The zero-order chi connectivity index (χ0) is 17.2. The molecule has 0 aromatic heterocycles. The molecule has 0 fully saturated rings. The molecule has 0 aliphatic heterocycles. The van der Waals surface area contributed by atoms with Crippen molar-refractivity contribution in [2.24, 2.45) is 0 Å². The summed E-state index contributed by atoms with van der Waals surface area (Å²) in [5.74, 6) is 0.799. The zero-order valence-corrected chi connectivity index (χ0v) is 13.8. The molecule has 2 aromatic rings. The maximum absolute atomic E-state index is 12.0. The Morgan fingerprint density at radius 2 is 1.88 bits per heavy atom. The van der Waals surface area contributed by atoms with Crippen LogP contribution in [0.15, 0.2) is 54.6 Å². The van der Waals surface area contributed by atoms with Gasteiger partial charge in [-0.1, -0.05) is 30.3 Å². The van der Waals surface area contributed by atoms with Crippen molar-refractivity contribution >= 4 is 11.6 Å². The summed E-state index contributed by atoms with van der Waals surface area (Å²) in [5, 5.41) is 11.5. The number of para-hydroxylation sites is 1. The van der Waals surface area contributed by atoms with E-state index < -0.39 is 0 Å². The minimum Gasteiger partial charge on any atom is -0.488 e. The van der Waals surface area contributed by atoms with Crippen LogP contribution < -0.4 is 15.0 Å². The molecule has 0 saturated heterocycles. The van der Waals surface area contributed by atoms with Crippen LogP contribution >= 0.6 is 0 Å². The first-order valence-corrected chi connectivity index (χ1v) is 7.92. The zero-order valence-electron chi connectivity index (χ0n) is 13.8. The molecule has 1 atom stereocenters. The summed E-state index contributed by atoms with van der Waals surface area (Å²) in [6, 6.07) is 19.1. The van der Waals surface area contributed by atoms with Crippen molar-refractivity contribution < 1.29 is 14.4 Å². The van der Waals surface area contributed by atoms with Gasteiger partial charge in [-0.15, -0.1) is 0 Å². The Morgan fingerprint density at radius 3 is 2.54 bits per heavy atom. The number of likely N-dealkylation sites (N-methyl/N-ethyl adjacent to an activating group) is 1. The van der Waals surface area contributed by atoms with Crippen LogP contribution in [0.1, 0.15) is 5.56 Å². The van der Waals surface area contributed by atoms with Crippen molar-refractivity contribution in [3.05, 3.63) is 60.2 Å². The maximum atomic E-state index is 12.0. The van der Waals surface area contributed by atoms with Crippen LogP contribution in [-0.2, 0) is 11.2 Å².